The van der Waals surface area contributed by atoms with E-state index in [0.29, 0.717) is 19.3 Å². The van der Waals surface area contributed by atoms with Crippen molar-refractivity contribution in [3.63, 3.8) is 0 Å². The molecule has 0 aliphatic heterocycles. The van der Waals surface area contributed by atoms with Crippen LogP contribution in [0.5, 0.6) is 0 Å². The van der Waals surface area contributed by atoms with Crippen molar-refractivity contribution in [1.82, 2.24) is 5.32 Å². The van der Waals surface area contributed by atoms with Gasteiger partial charge < -0.3 is 20.3 Å². The fourth-order valence-corrected chi connectivity index (χ4v) is 8.91. The zero-order chi connectivity index (χ0) is 48.1. The zero-order valence-corrected chi connectivity index (χ0v) is 44.1. The van der Waals surface area contributed by atoms with E-state index >= 15 is 0 Å². The minimum absolute atomic E-state index is 0.0648. The largest absolute Gasteiger partial charge is 0.462 e. The summed E-state index contributed by atoms with van der Waals surface area (Å²) in [4.78, 5) is 26.2. The highest BCUT2D eigenvalue weighted by atomic mass is 16.5. The van der Waals surface area contributed by atoms with Gasteiger partial charge in [0.25, 0.3) is 0 Å². The SMILES string of the molecule is CC/C=C/C=C/C=C\C=C/CCCCCC(=O)OC(CCCCCCCCCCCCCCCCCCC)CC(=O)NC(CO)C(O)CCCCCCCCCCCCCCCCCCC. The van der Waals surface area contributed by atoms with E-state index < -0.39 is 18.2 Å². The highest BCUT2D eigenvalue weighted by molar-refractivity contribution is 5.77. The highest BCUT2D eigenvalue weighted by Crippen LogP contribution is 2.19. The van der Waals surface area contributed by atoms with Gasteiger partial charge in [0, 0.05) is 6.42 Å². The predicted molar refractivity (Wildman–Crippen MR) is 287 cm³/mol. The van der Waals surface area contributed by atoms with Crippen molar-refractivity contribution >= 4 is 11.9 Å². The van der Waals surface area contributed by atoms with Crippen LogP contribution in [0.25, 0.3) is 0 Å². The average molecular weight is 927 g/mol. The Balaban J connectivity index is 4.54. The van der Waals surface area contributed by atoms with Crippen LogP contribution in [0.3, 0.4) is 0 Å². The first-order valence-corrected chi connectivity index (χ1v) is 28.9. The molecule has 3 atom stereocenters. The number of rotatable bonds is 52. The lowest BCUT2D eigenvalue weighted by molar-refractivity contribution is -0.151. The van der Waals surface area contributed by atoms with Gasteiger partial charge in [-0.1, -0.05) is 288 Å². The predicted octanol–water partition coefficient (Wildman–Crippen LogP) is 17.8. The Bertz CT molecular complexity index is 1130. The van der Waals surface area contributed by atoms with Crippen LogP contribution in [0.15, 0.2) is 48.6 Å². The van der Waals surface area contributed by atoms with Crippen LogP contribution in [-0.4, -0.2) is 46.9 Å². The second-order valence-corrected chi connectivity index (χ2v) is 19.8. The molecule has 0 saturated heterocycles. The van der Waals surface area contributed by atoms with Crippen LogP contribution in [0.4, 0.5) is 0 Å². The summed E-state index contributed by atoms with van der Waals surface area (Å²) in [6.07, 6.45) is 66.1. The molecule has 0 fully saturated rings. The highest BCUT2D eigenvalue weighted by Gasteiger charge is 2.24. The molecule has 0 aliphatic rings. The van der Waals surface area contributed by atoms with E-state index in [1.165, 1.54) is 186 Å². The normalized spacial score (nSPS) is 13.5. The summed E-state index contributed by atoms with van der Waals surface area (Å²) in [6, 6.07) is -0.709. The summed E-state index contributed by atoms with van der Waals surface area (Å²) >= 11 is 0. The lowest BCUT2D eigenvalue weighted by Crippen LogP contribution is -2.46. The molecule has 6 nitrogen and oxygen atoms in total. The third-order valence-electron chi connectivity index (χ3n) is 13.3. The number of esters is 1. The van der Waals surface area contributed by atoms with Crippen molar-refractivity contribution in [3.8, 4) is 0 Å². The summed E-state index contributed by atoms with van der Waals surface area (Å²) in [5.41, 5.74) is 0. The summed E-state index contributed by atoms with van der Waals surface area (Å²) in [6.45, 7) is 6.37. The van der Waals surface area contributed by atoms with Crippen LogP contribution in [0, 0.1) is 0 Å². The number of amides is 1. The number of hydrogen-bond acceptors (Lipinski definition) is 5. The van der Waals surface area contributed by atoms with Crippen molar-refractivity contribution in [2.75, 3.05) is 6.61 Å². The molecule has 0 bridgehead atoms. The molecule has 3 N–H and O–H groups in total. The van der Waals surface area contributed by atoms with Gasteiger partial charge in [-0.2, -0.15) is 0 Å². The molecule has 0 rings (SSSR count). The number of hydrogen-bond donors (Lipinski definition) is 3. The van der Waals surface area contributed by atoms with E-state index in [4.69, 9.17) is 4.74 Å². The Hall–Kier alpha value is -2.18. The molecular formula is C60H111NO5. The summed E-state index contributed by atoms with van der Waals surface area (Å²) in [5, 5.41) is 23.9. The number of unbranched alkanes of at least 4 members (excludes halogenated alkanes) is 35. The van der Waals surface area contributed by atoms with Crippen LogP contribution in [0.1, 0.15) is 297 Å². The number of aliphatic hydroxyl groups is 2. The summed E-state index contributed by atoms with van der Waals surface area (Å²) in [7, 11) is 0. The average Bonchev–Trinajstić information content (AvgIpc) is 3.31. The Morgan fingerprint density at radius 3 is 1.23 bits per heavy atom. The van der Waals surface area contributed by atoms with Gasteiger partial charge in [-0.3, -0.25) is 9.59 Å². The van der Waals surface area contributed by atoms with Gasteiger partial charge >= 0.3 is 5.97 Å². The van der Waals surface area contributed by atoms with E-state index in [1.54, 1.807) is 0 Å². The maximum Gasteiger partial charge on any atom is 0.306 e. The molecule has 0 aliphatic carbocycles. The quantitative estimate of drug-likeness (QED) is 0.0321. The first-order valence-electron chi connectivity index (χ1n) is 28.9. The van der Waals surface area contributed by atoms with Crippen molar-refractivity contribution in [3.05, 3.63) is 48.6 Å². The first-order chi connectivity index (χ1) is 32.5. The summed E-state index contributed by atoms with van der Waals surface area (Å²) in [5.74, 6) is -0.506. The molecule has 0 radical (unpaired) electrons. The van der Waals surface area contributed by atoms with Gasteiger partial charge in [-0.25, -0.2) is 0 Å². The van der Waals surface area contributed by atoms with Gasteiger partial charge in [0.1, 0.15) is 6.10 Å². The van der Waals surface area contributed by atoms with E-state index in [2.05, 4.69) is 50.4 Å². The van der Waals surface area contributed by atoms with Gasteiger partial charge in [0.05, 0.1) is 25.2 Å². The van der Waals surface area contributed by atoms with Gasteiger partial charge in [0.15, 0.2) is 0 Å². The molecule has 0 aromatic carbocycles. The lowest BCUT2D eigenvalue weighted by atomic mass is 10.0. The fourth-order valence-electron chi connectivity index (χ4n) is 8.91. The second kappa shape index (κ2) is 53.8. The molecule has 386 valence electrons. The van der Waals surface area contributed by atoms with E-state index in [-0.39, 0.29) is 24.9 Å². The molecule has 3 unspecified atom stereocenters. The Kier molecular flexibility index (Phi) is 52.0. The monoisotopic (exact) mass is 926 g/mol. The van der Waals surface area contributed by atoms with Crippen LogP contribution in [0.2, 0.25) is 0 Å². The lowest BCUT2D eigenvalue weighted by Gasteiger charge is -2.24. The minimum Gasteiger partial charge on any atom is -0.462 e. The van der Waals surface area contributed by atoms with Crippen molar-refractivity contribution < 1.29 is 24.5 Å². The van der Waals surface area contributed by atoms with Crippen molar-refractivity contribution in [2.24, 2.45) is 0 Å². The molecular weight excluding hydrogens is 815 g/mol. The number of allylic oxidation sites excluding steroid dienone is 8. The van der Waals surface area contributed by atoms with Gasteiger partial charge in [0.2, 0.25) is 5.91 Å². The third kappa shape index (κ3) is 48.3. The van der Waals surface area contributed by atoms with Crippen LogP contribution in [-0.2, 0) is 14.3 Å². The Morgan fingerprint density at radius 1 is 0.455 bits per heavy atom. The Morgan fingerprint density at radius 2 is 0.818 bits per heavy atom. The smallest absolute Gasteiger partial charge is 0.306 e. The van der Waals surface area contributed by atoms with Crippen LogP contribution >= 0.6 is 0 Å². The molecule has 1 amide bonds. The minimum atomic E-state index is -0.794. The third-order valence-corrected chi connectivity index (χ3v) is 13.3. The number of carbonyl (C=O) groups excluding carboxylic acids is 2. The zero-order valence-electron chi connectivity index (χ0n) is 44.1. The van der Waals surface area contributed by atoms with Gasteiger partial charge in [-0.05, 0) is 44.9 Å². The van der Waals surface area contributed by atoms with E-state index in [9.17, 15) is 19.8 Å². The van der Waals surface area contributed by atoms with Gasteiger partial charge in [-0.15, -0.1) is 0 Å². The molecule has 0 aromatic heterocycles. The standard InChI is InChI=1S/C60H111NO5/c1-4-7-10-13-16-19-22-25-27-29-31-34-36-39-42-45-48-51-56(66-60(65)53-50-47-44-41-38-33-24-21-18-15-12-9-6-3)54-59(64)61-57(55-62)58(63)52-49-46-43-40-37-35-32-30-28-26-23-20-17-14-11-8-5-2/h9,12,15,18,21,24,33,38,56-58,62-63H,4-8,10-11,13-14,16-17,19-20,22-23,25-32,34-37,39-55H2,1-3H3,(H,61,64)/b12-9+,18-15+,24-21-,38-33-. The molecule has 0 saturated carbocycles. The van der Waals surface area contributed by atoms with Crippen molar-refractivity contribution in [2.45, 2.75) is 315 Å². The molecule has 0 heterocycles. The maximum absolute atomic E-state index is 13.3. The summed E-state index contributed by atoms with van der Waals surface area (Å²) < 4.78 is 5.94. The molecule has 66 heavy (non-hydrogen) atoms. The number of carbonyl (C=O) groups is 2. The first kappa shape index (κ1) is 63.8. The molecule has 6 heteroatoms. The Labute approximate surface area is 410 Å². The van der Waals surface area contributed by atoms with E-state index in [1.807, 2.05) is 24.3 Å². The molecule has 0 spiro atoms. The fraction of sp³-hybridized carbons (Fsp3) is 0.833. The number of aliphatic hydroxyl groups excluding tert-OH is 2. The second-order valence-electron chi connectivity index (χ2n) is 19.8. The number of nitrogens with one attached hydrogen (secondary N) is 1. The van der Waals surface area contributed by atoms with E-state index in [0.717, 1.165) is 64.2 Å². The van der Waals surface area contributed by atoms with Crippen molar-refractivity contribution in [1.29, 1.82) is 0 Å². The maximum atomic E-state index is 13.3. The molecule has 0 aromatic rings. The topological polar surface area (TPSA) is 95.9 Å². The van der Waals surface area contributed by atoms with Crippen LogP contribution < -0.4 is 5.32 Å². The number of ether oxygens (including phenoxy) is 1.